The van der Waals surface area contributed by atoms with Gasteiger partial charge in [0.1, 0.15) is 0 Å². The van der Waals surface area contributed by atoms with Crippen molar-refractivity contribution in [2.45, 2.75) is 36.3 Å². The lowest BCUT2D eigenvalue weighted by molar-refractivity contribution is -0.117. The predicted octanol–water partition coefficient (Wildman–Crippen LogP) is 5.00. The second kappa shape index (κ2) is 7.56. The molecule has 2 aliphatic rings. The van der Waals surface area contributed by atoms with Gasteiger partial charge < -0.3 is 9.80 Å². The lowest BCUT2D eigenvalue weighted by atomic mass is 10.1. The number of rotatable bonds is 2. The summed E-state index contributed by atoms with van der Waals surface area (Å²) in [6.07, 6.45) is 2.28. The molecule has 4 nitrogen and oxygen atoms in total. The number of hydrogen-bond acceptors (Lipinski definition) is 3. The van der Waals surface area contributed by atoms with E-state index in [-0.39, 0.29) is 11.8 Å². The van der Waals surface area contributed by atoms with E-state index < -0.39 is 0 Å². The maximum absolute atomic E-state index is 13.4. The molecule has 2 aromatic rings. The summed E-state index contributed by atoms with van der Waals surface area (Å²) < 4.78 is 0. The van der Waals surface area contributed by atoms with Crippen LogP contribution in [0, 0.1) is 0 Å². The number of carbonyl (C=O) groups excluding carboxylic acids is 2. The quantitative estimate of drug-likeness (QED) is 0.712. The fourth-order valence-corrected chi connectivity index (χ4v) is 4.94. The molecule has 0 bridgehead atoms. The minimum Gasteiger partial charge on any atom is -0.311 e. The smallest absolute Gasteiger partial charge is 0.258 e. The summed E-state index contributed by atoms with van der Waals surface area (Å²) in [5, 5.41) is 0.953. The highest BCUT2D eigenvalue weighted by molar-refractivity contribution is 8.00. The Morgan fingerprint density at radius 1 is 1.15 bits per heavy atom. The Morgan fingerprint density at radius 3 is 2.74 bits per heavy atom. The van der Waals surface area contributed by atoms with Gasteiger partial charge in [-0.2, -0.15) is 0 Å². The fourth-order valence-electron chi connectivity index (χ4n) is 3.61. The molecule has 2 amide bonds. The molecule has 0 aromatic heterocycles. The number of thioether (sulfide) groups is 1. The minimum absolute atomic E-state index is 0.0540. The average Bonchev–Trinajstić information content (AvgIpc) is 3.01. The van der Waals surface area contributed by atoms with E-state index >= 15 is 0 Å². The van der Waals surface area contributed by atoms with Gasteiger partial charge in [0.25, 0.3) is 5.91 Å². The van der Waals surface area contributed by atoms with Crippen LogP contribution in [0.25, 0.3) is 0 Å². The monoisotopic (exact) mass is 400 g/mol. The molecule has 2 aliphatic heterocycles. The molecule has 2 aromatic carbocycles. The van der Waals surface area contributed by atoms with E-state index in [4.69, 9.17) is 11.6 Å². The van der Waals surface area contributed by atoms with Gasteiger partial charge in [0.05, 0.1) is 16.4 Å². The molecule has 0 N–H and O–H groups in total. The number of para-hydroxylation sites is 1. The van der Waals surface area contributed by atoms with Crippen LogP contribution in [0.3, 0.4) is 0 Å². The largest absolute Gasteiger partial charge is 0.311 e. The van der Waals surface area contributed by atoms with Crippen molar-refractivity contribution in [3.05, 3.63) is 53.1 Å². The van der Waals surface area contributed by atoms with Crippen molar-refractivity contribution in [2.24, 2.45) is 0 Å². The molecule has 1 atom stereocenters. The Bertz CT molecular complexity index is 902. The van der Waals surface area contributed by atoms with Crippen LogP contribution in [-0.4, -0.2) is 30.2 Å². The van der Waals surface area contributed by atoms with Crippen LogP contribution in [0.15, 0.2) is 47.4 Å². The van der Waals surface area contributed by atoms with Crippen molar-refractivity contribution in [3.8, 4) is 0 Å². The molecule has 0 aliphatic carbocycles. The third-order valence-corrected chi connectivity index (χ3v) is 6.60. The number of fused-ring (bicyclic) bond motifs is 1. The summed E-state index contributed by atoms with van der Waals surface area (Å²) >= 11 is 8.14. The van der Waals surface area contributed by atoms with Gasteiger partial charge in [0, 0.05) is 35.2 Å². The molecule has 140 valence electrons. The number of hydrogen-bond donors (Lipinski definition) is 0. The Kier molecular flexibility index (Phi) is 5.15. The molecular weight excluding hydrogens is 380 g/mol. The number of amides is 2. The number of benzene rings is 2. The van der Waals surface area contributed by atoms with Crippen molar-refractivity contribution in [3.63, 3.8) is 0 Å². The highest BCUT2D eigenvalue weighted by Gasteiger charge is 2.28. The average molecular weight is 401 g/mol. The highest BCUT2D eigenvalue weighted by Crippen LogP contribution is 2.38. The van der Waals surface area contributed by atoms with Crippen LogP contribution in [0.2, 0.25) is 5.02 Å². The van der Waals surface area contributed by atoms with E-state index in [0.717, 1.165) is 23.4 Å². The Hall–Kier alpha value is -1.98. The Balaban J connectivity index is 1.70. The highest BCUT2D eigenvalue weighted by atomic mass is 35.5. The van der Waals surface area contributed by atoms with Gasteiger partial charge in [-0.25, -0.2) is 0 Å². The summed E-state index contributed by atoms with van der Waals surface area (Å²) in [4.78, 5) is 30.1. The van der Waals surface area contributed by atoms with Gasteiger partial charge in [-0.05, 0) is 43.2 Å². The summed E-state index contributed by atoms with van der Waals surface area (Å²) in [7, 11) is 0. The Labute approximate surface area is 168 Å². The first-order valence-electron chi connectivity index (χ1n) is 9.22. The van der Waals surface area contributed by atoms with Gasteiger partial charge >= 0.3 is 0 Å². The molecule has 2 heterocycles. The van der Waals surface area contributed by atoms with Crippen LogP contribution in [0.1, 0.15) is 36.5 Å². The van der Waals surface area contributed by atoms with Gasteiger partial charge in [-0.1, -0.05) is 30.7 Å². The third-order valence-electron chi connectivity index (χ3n) is 5.05. The maximum atomic E-state index is 13.4. The number of carbonyl (C=O) groups is 2. The van der Waals surface area contributed by atoms with Crippen molar-refractivity contribution < 1.29 is 9.59 Å². The van der Waals surface area contributed by atoms with Crippen LogP contribution in [0.5, 0.6) is 0 Å². The van der Waals surface area contributed by atoms with Crippen molar-refractivity contribution in [1.29, 1.82) is 0 Å². The predicted molar refractivity (Wildman–Crippen MR) is 111 cm³/mol. The van der Waals surface area contributed by atoms with E-state index in [1.54, 1.807) is 23.1 Å². The van der Waals surface area contributed by atoms with Crippen molar-refractivity contribution in [1.82, 2.24) is 0 Å². The standard InChI is InChI=1S/C21H21ClN2O2S/c1-14-10-12-24(17-5-2-3-6-19(17)27-14)21(26)15-8-9-16(22)18(13-15)23-11-4-7-20(23)25/h2-3,5-6,8-9,13-14H,4,7,10-12H2,1H3/t14-/m0/s1. The topological polar surface area (TPSA) is 40.6 Å². The lowest BCUT2D eigenvalue weighted by Gasteiger charge is -2.24. The molecule has 0 radical (unpaired) electrons. The molecule has 1 fully saturated rings. The molecule has 0 spiro atoms. The molecule has 6 heteroatoms. The first-order chi connectivity index (χ1) is 13.0. The zero-order valence-electron chi connectivity index (χ0n) is 15.2. The first kappa shape index (κ1) is 18.4. The Morgan fingerprint density at radius 2 is 1.96 bits per heavy atom. The third kappa shape index (κ3) is 3.58. The van der Waals surface area contributed by atoms with Gasteiger partial charge in [-0.3, -0.25) is 9.59 Å². The van der Waals surface area contributed by atoms with Crippen LogP contribution >= 0.6 is 23.4 Å². The molecule has 0 saturated carbocycles. The van der Waals surface area contributed by atoms with Crippen LogP contribution < -0.4 is 9.80 Å². The molecule has 4 rings (SSSR count). The number of anilines is 2. The summed E-state index contributed by atoms with van der Waals surface area (Å²) in [6.45, 7) is 3.51. The van der Waals surface area contributed by atoms with Crippen molar-refractivity contribution in [2.75, 3.05) is 22.9 Å². The maximum Gasteiger partial charge on any atom is 0.258 e. The summed E-state index contributed by atoms with van der Waals surface area (Å²) in [6, 6.07) is 13.3. The number of halogens is 1. The van der Waals surface area contributed by atoms with E-state index in [9.17, 15) is 9.59 Å². The summed E-state index contributed by atoms with van der Waals surface area (Å²) in [5.41, 5.74) is 2.14. The molecule has 0 unspecified atom stereocenters. The normalized spacial score (nSPS) is 19.8. The summed E-state index contributed by atoms with van der Waals surface area (Å²) in [5.74, 6) is 0.00792. The first-order valence-corrected chi connectivity index (χ1v) is 10.5. The van der Waals surface area contributed by atoms with E-state index in [0.29, 0.717) is 41.0 Å². The SMILES string of the molecule is C[C@H]1CCN(C(=O)c2ccc(Cl)c(N3CCCC3=O)c2)c2ccccc2S1. The second-order valence-corrected chi connectivity index (χ2v) is 8.84. The molecule has 1 saturated heterocycles. The second-order valence-electron chi connectivity index (χ2n) is 6.96. The van der Waals surface area contributed by atoms with Crippen LogP contribution in [0.4, 0.5) is 11.4 Å². The number of nitrogens with zero attached hydrogens (tertiary/aromatic N) is 2. The van der Waals surface area contributed by atoms with Crippen molar-refractivity contribution >= 4 is 46.6 Å². The zero-order chi connectivity index (χ0) is 19.0. The van der Waals surface area contributed by atoms with Gasteiger partial charge in [0.2, 0.25) is 5.91 Å². The van der Waals surface area contributed by atoms with Gasteiger partial charge in [0.15, 0.2) is 0 Å². The van der Waals surface area contributed by atoms with E-state index in [1.807, 2.05) is 34.9 Å². The minimum atomic E-state index is -0.0540. The fraction of sp³-hybridized carbons (Fsp3) is 0.333. The van der Waals surface area contributed by atoms with E-state index in [1.165, 1.54) is 0 Å². The van der Waals surface area contributed by atoms with E-state index in [2.05, 4.69) is 13.0 Å². The zero-order valence-corrected chi connectivity index (χ0v) is 16.7. The lowest BCUT2D eigenvalue weighted by Crippen LogP contribution is -2.32. The molecule has 27 heavy (non-hydrogen) atoms. The van der Waals surface area contributed by atoms with Gasteiger partial charge in [-0.15, -0.1) is 11.8 Å². The van der Waals surface area contributed by atoms with Crippen LogP contribution in [-0.2, 0) is 4.79 Å². The molecular formula is C21H21ClN2O2S.